The van der Waals surface area contributed by atoms with E-state index in [9.17, 15) is 9.59 Å². The van der Waals surface area contributed by atoms with Crippen LogP contribution in [-0.4, -0.2) is 13.1 Å². The second-order valence-electron chi connectivity index (χ2n) is 4.96. The lowest BCUT2D eigenvalue weighted by Crippen LogP contribution is -2.04. The third-order valence-electron chi connectivity index (χ3n) is 3.33. The summed E-state index contributed by atoms with van der Waals surface area (Å²) in [5, 5.41) is 0.362. The number of carbonyl (C=O) groups excluding carboxylic acids is 1. The largest absolute Gasteiger partial charge is 0.497 e. The molecule has 0 aliphatic rings. The molecule has 0 radical (unpaired) electrons. The molecule has 116 valence electrons. The van der Waals surface area contributed by atoms with Crippen molar-refractivity contribution in [1.82, 2.24) is 0 Å². The molecule has 0 aliphatic carbocycles. The van der Waals surface area contributed by atoms with Gasteiger partial charge in [0.2, 0.25) is 0 Å². The molecule has 0 atom stereocenters. The lowest BCUT2D eigenvalue weighted by atomic mass is 10.1. The van der Waals surface area contributed by atoms with Crippen LogP contribution < -0.4 is 14.9 Å². The second-order valence-corrected chi connectivity index (χ2v) is 4.96. The maximum Gasteiger partial charge on any atom is 0.308 e. The fourth-order valence-electron chi connectivity index (χ4n) is 2.26. The molecule has 1 heterocycles. The van der Waals surface area contributed by atoms with E-state index < -0.39 is 5.97 Å². The van der Waals surface area contributed by atoms with E-state index in [1.165, 1.54) is 19.1 Å². The van der Waals surface area contributed by atoms with Crippen molar-refractivity contribution in [2.45, 2.75) is 6.92 Å². The lowest BCUT2D eigenvalue weighted by molar-refractivity contribution is -0.131. The summed E-state index contributed by atoms with van der Waals surface area (Å²) in [6.45, 7) is 1.31. The zero-order valence-corrected chi connectivity index (χ0v) is 12.7. The van der Waals surface area contributed by atoms with Gasteiger partial charge in [0.25, 0.3) is 0 Å². The molecule has 0 fully saturated rings. The van der Waals surface area contributed by atoms with Gasteiger partial charge in [-0.15, -0.1) is 0 Å². The average molecular weight is 310 g/mol. The van der Waals surface area contributed by atoms with Crippen molar-refractivity contribution in [1.29, 1.82) is 0 Å². The summed E-state index contributed by atoms with van der Waals surface area (Å²) < 4.78 is 15.9. The predicted molar refractivity (Wildman–Crippen MR) is 85.8 cm³/mol. The fraction of sp³-hybridized carbons (Fsp3) is 0.111. The summed E-state index contributed by atoms with van der Waals surface area (Å²) in [7, 11) is 1.59. The Kier molecular flexibility index (Phi) is 3.85. The summed E-state index contributed by atoms with van der Waals surface area (Å²) >= 11 is 0. The van der Waals surface area contributed by atoms with Gasteiger partial charge in [-0.3, -0.25) is 9.59 Å². The molecule has 3 aromatic rings. The average Bonchev–Trinajstić information content (AvgIpc) is 2.55. The van der Waals surface area contributed by atoms with Gasteiger partial charge >= 0.3 is 5.97 Å². The Balaban J connectivity index is 2.07. The Morgan fingerprint density at radius 3 is 2.35 bits per heavy atom. The molecule has 0 amide bonds. The minimum Gasteiger partial charge on any atom is -0.497 e. The molecule has 5 heteroatoms. The first-order valence-corrected chi connectivity index (χ1v) is 6.97. The van der Waals surface area contributed by atoms with Gasteiger partial charge in [0, 0.05) is 18.6 Å². The van der Waals surface area contributed by atoms with Gasteiger partial charge in [-0.1, -0.05) is 0 Å². The van der Waals surface area contributed by atoms with Crippen LogP contribution in [0.2, 0.25) is 0 Å². The van der Waals surface area contributed by atoms with Crippen LogP contribution >= 0.6 is 0 Å². The van der Waals surface area contributed by atoms with Crippen LogP contribution in [0.25, 0.3) is 22.3 Å². The Labute approximate surface area is 132 Å². The highest BCUT2D eigenvalue weighted by Crippen LogP contribution is 2.26. The van der Waals surface area contributed by atoms with E-state index in [0.717, 1.165) is 11.3 Å². The number of esters is 1. The Hall–Kier alpha value is -3.08. The molecule has 23 heavy (non-hydrogen) atoms. The molecule has 3 rings (SSSR count). The van der Waals surface area contributed by atoms with Crippen molar-refractivity contribution >= 4 is 16.9 Å². The summed E-state index contributed by atoms with van der Waals surface area (Å²) in [6, 6.07) is 13.3. The first kappa shape index (κ1) is 14.8. The number of carbonyl (C=O) groups is 1. The number of ether oxygens (including phenoxy) is 2. The number of benzene rings is 2. The first-order chi connectivity index (χ1) is 11.1. The minimum absolute atomic E-state index is 0.203. The molecule has 2 aromatic carbocycles. The summed E-state index contributed by atoms with van der Waals surface area (Å²) in [5.74, 6) is 1.06. The molecule has 0 bridgehead atoms. The van der Waals surface area contributed by atoms with Gasteiger partial charge < -0.3 is 13.9 Å². The predicted octanol–water partition coefficient (Wildman–Crippen LogP) is 3.39. The van der Waals surface area contributed by atoms with Crippen LogP contribution in [0, 0.1) is 0 Å². The molecule has 0 saturated carbocycles. The highest BCUT2D eigenvalue weighted by molar-refractivity contribution is 5.81. The zero-order chi connectivity index (χ0) is 16.4. The van der Waals surface area contributed by atoms with E-state index >= 15 is 0 Å². The van der Waals surface area contributed by atoms with Gasteiger partial charge in [0.1, 0.15) is 22.8 Å². The topological polar surface area (TPSA) is 65.7 Å². The molecule has 0 aliphatic heterocycles. The molecular formula is C18H14O5. The van der Waals surface area contributed by atoms with Crippen molar-refractivity contribution < 1.29 is 18.7 Å². The molecular weight excluding hydrogens is 296 g/mol. The highest BCUT2D eigenvalue weighted by atomic mass is 16.5. The van der Waals surface area contributed by atoms with Gasteiger partial charge in [-0.2, -0.15) is 0 Å². The quantitative estimate of drug-likeness (QED) is 0.548. The number of fused-ring (bicyclic) bond motifs is 1. The maximum atomic E-state index is 12.3. The van der Waals surface area contributed by atoms with Gasteiger partial charge in [0.05, 0.1) is 12.5 Å². The van der Waals surface area contributed by atoms with Crippen molar-refractivity contribution in [3.63, 3.8) is 0 Å². The van der Waals surface area contributed by atoms with Crippen LogP contribution in [0.3, 0.4) is 0 Å². The van der Waals surface area contributed by atoms with Crippen LogP contribution in [0.4, 0.5) is 0 Å². The Morgan fingerprint density at radius 2 is 1.70 bits per heavy atom. The van der Waals surface area contributed by atoms with Crippen molar-refractivity contribution in [2.24, 2.45) is 0 Å². The molecule has 5 nitrogen and oxygen atoms in total. The van der Waals surface area contributed by atoms with Crippen LogP contribution in [0.5, 0.6) is 11.5 Å². The van der Waals surface area contributed by atoms with Crippen molar-refractivity contribution in [3.05, 3.63) is 58.8 Å². The summed E-state index contributed by atoms with van der Waals surface area (Å²) in [4.78, 5) is 23.3. The van der Waals surface area contributed by atoms with E-state index in [4.69, 9.17) is 13.9 Å². The lowest BCUT2D eigenvalue weighted by Gasteiger charge is -2.06. The number of hydrogen-bond donors (Lipinski definition) is 0. The van der Waals surface area contributed by atoms with Crippen LogP contribution in [0.1, 0.15) is 6.92 Å². The molecule has 1 aromatic heterocycles. The van der Waals surface area contributed by atoms with E-state index in [1.54, 1.807) is 31.4 Å². The maximum absolute atomic E-state index is 12.3. The smallest absolute Gasteiger partial charge is 0.308 e. The Bertz CT molecular complexity index is 922. The summed E-state index contributed by atoms with van der Waals surface area (Å²) in [6.07, 6.45) is 0. The monoisotopic (exact) mass is 310 g/mol. The van der Waals surface area contributed by atoms with Crippen molar-refractivity contribution in [3.8, 4) is 22.8 Å². The normalized spacial score (nSPS) is 10.5. The minimum atomic E-state index is -0.441. The Morgan fingerprint density at radius 1 is 1.00 bits per heavy atom. The number of methoxy groups -OCH3 is 1. The third-order valence-corrected chi connectivity index (χ3v) is 3.33. The third kappa shape index (κ3) is 3.08. The molecule has 0 saturated heterocycles. The van der Waals surface area contributed by atoms with E-state index in [1.807, 2.05) is 12.1 Å². The van der Waals surface area contributed by atoms with Crippen LogP contribution in [-0.2, 0) is 4.79 Å². The zero-order valence-electron chi connectivity index (χ0n) is 12.7. The van der Waals surface area contributed by atoms with Gasteiger partial charge in [-0.05, 0) is 42.5 Å². The summed E-state index contributed by atoms with van der Waals surface area (Å²) in [5.41, 5.74) is 0.999. The SMILES string of the molecule is COc1ccc(-c2cc(=O)c3cc(OC(C)=O)ccc3o2)cc1. The van der Waals surface area contributed by atoms with E-state index in [-0.39, 0.29) is 5.43 Å². The standard InChI is InChI=1S/C18H14O5/c1-11(19)22-14-7-8-17-15(9-14)16(20)10-18(23-17)12-3-5-13(21-2)6-4-12/h3-10H,1-2H3. The van der Waals surface area contributed by atoms with E-state index in [2.05, 4.69) is 0 Å². The highest BCUT2D eigenvalue weighted by Gasteiger charge is 2.09. The second kappa shape index (κ2) is 5.96. The molecule has 0 unspecified atom stereocenters. The fourth-order valence-corrected chi connectivity index (χ4v) is 2.26. The number of rotatable bonds is 3. The van der Waals surface area contributed by atoms with E-state index in [0.29, 0.717) is 22.5 Å². The molecule has 0 spiro atoms. The van der Waals surface area contributed by atoms with Crippen LogP contribution in [0.15, 0.2) is 57.7 Å². The van der Waals surface area contributed by atoms with Gasteiger partial charge in [0.15, 0.2) is 5.43 Å². The molecule has 0 N–H and O–H groups in total. The number of hydrogen-bond acceptors (Lipinski definition) is 5. The van der Waals surface area contributed by atoms with Gasteiger partial charge in [-0.25, -0.2) is 0 Å². The van der Waals surface area contributed by atoms with Crippen molar-refractivity contribution in [2.75, 3.05) is 7.11 Å². The first-order valence-electron chi connectivity index (χ1n) is 6.97.